The first-order valence-electron chi connectivity index (χ1n) is 4.26. The standard InChI is InChI=1S/C9H9N3O3/c1-5-3-7-10-8(9(14)15-2)11-12(7)4-6(5)13/h3-4,13H,1-2H3. The Balaban J connectivity index is 2.61. The Bertz CT molecular complexity index is 494. The van der Waals surface area contributed by atoms with E-state index in [9.17, 15) is 9.90 Å². The maximum atomic E-state index is 11.1. The van der Waals surface area contributed by atoms with Crippen molar-refractivity contribution in [1.29, 1.82) is 0 Å². The van der Waals surface area contributed by atoms with Gasteiger partial charge in [0.15, 0.2) is 5.65 Å². The lowest BCUT2D eigenvalue weighted by Gasteiger charge is -1.96. The van der Waals surface area contributed by atoms with Crippen LogP contribution in [0.25, 0.3) is 5.65 Å². The number of esters is 1. The van der Waals surface area contributed by atoms with Crippen molar-refractivity contribution in [2.24, 2.45) is 0 Å². The minimum atomic E-state index is -0.601. The number of pyridine rings is 1. The maximum absolute atomic E-state index is 11.1. The molecule has 0 radical (unpaired) electrons. The number of hydrogen-bond donors (Lipinski definition) is 1. The molecule has 0 unspecified atom stereocenters. The molecule has 78 valence electrons. The normalized spacial score (nSPS) is 10.5. The fourth-order valence-corrected chi connectivity index (χ4v) is 1.19. The van der Waals surface area contributed by atoms with Crippen molar-refractivity contribution in [3.8, 4) is 5.75 Å². The Morgan fingerprint density at radius 3 is 3.00 bits per heavy atom. The molecule has 0 aliphatic heterocycles. The summed E-state index contributed by atoms with van der Waals surface area (Å²) in [7, 11) is 1.26. The summed E-state index contributed by atoms with van der Waals surface area (Å²) < 4.78 is 5.81. The fraction of sp³-hybridized carbons (Fsp3) is 0.222. The predicted octanol–water partition coefficient (Wildman–Crippen LogP) is 0.530. The van der Waals surface area contributed by atoms with E-state index < -0.39 is 5.97 Å². The number of aryl methyl sites for hydroxylation is 1. The highest BCUT2D eigenvalue weighted by Gasteiger charge is 2.13. The second-order valence-electron chi connectivity index (χ2n) is 3.07. The Morgan fingerprint density at radius 2 is 2.33 bits per heavy atom. The molecule has 0 saturated heterocycles. The van der Waals surface area contributed by atoms with Crippen molar-refractivity contribution in [2.45, 2.75) is 6.92 Å². The van der Waals surface area contributed by atoms with E-state index in [2.05, 4.69) is 14.8 Å². The van der Waals surface area contributed by atoms with Gasteiger partial charge in [-0.25, -0.2) is 14.3 Å². The van der Waals surface area contributed by atoms with Crippen molar-refractivity contribution < 1.29 is 14.6 Å². The number of aromatic hydroxyl groups is 1. The minimum absolute atomic E-state index is 0.0255. The van der Waals surface area contributed by atoms with Crippen LogP contribution in [0.4, 0.5) is 0 Å². The molecule has 15 heavy (non-hydrogen) atoms. The lowest BCUT2D eigenvalue weighted by molar-refractivity contribution is 0.0587. The van der Waals surface area contributed by atoms with E-state index >= 15 is 0 Å². The van der Waals surface area contributed by atoms with Crippen molar-refractivity contribution in [2.75, 3.05) is 7.11 Å². The minimum Gasteiger partial charge on any atom is -0.506 e. The number of rotatable bonds is 1. The van der Waals surface area contributed by atoms with E-state index in [4.69, 9.17) is 0 Å². The van der Waals surface area contributed by atoms with Gasteiger partial charge in [-0.1, -0.05) is 0 Å². The molecule has 6 nitrogen and oxygen atoms in total. The first-order valence-corrected chi connectivity index (χ1v) is 4.26. The number of ether oxygens (including phenoxy) is 1. The molecule has 0 saturated carbocycles. The summed E-state index contributed by atoms with van der Waals surface area (Å²) in [5.41, 5.74) is 1.16. The molecule has 2 heterocycles. The maximum Gasteiger partial charge on any atom is 0.377 e. The van der Waals surface area contributed by atoms with Crippen LogP contribution in [0.2, 0.25) is 0 Å². The zero-order chi connectivity index (χ0) is 11.0. The largest absolute Gasteiger partial charge is 0.506 e. The first-order chi connectivity index (χ1) is 7.11. The highest BCUT2D eigenvalue weighted by Crippen LogP contribution is 2.16. The first kappa shape index (κ1) is 9.45. The Morgan fingerprint density at radius 1 is 1.60 bits per heavy atom. The van der Waals surface area contributed by atoms with Crippen LogP contribution in [-0.4, -0.2) is 32.8 Å². The third-order valence-corrected chi connectivity index (χ3v) is 2.02. The van der Waals surface area contributed by atoms with Gasteiger partial charge >= 0.3 is 5.97 Å². The van der Waals surface area contributed by atoms with E-state index in [1.54, 1.807) is 13.0 Å². The van der Waals surface area contributed by atoms with Crippen LogP contribution in [0.3, 0.4) is 0 Å². The third-order valence-electron chi connectivity index (χ3n) is 2.02. The monoisotopic (exact) mass is 207 g/mol. The number of carbonyl (C=O) groups is 1. The number of methoxy groups -OCH3 is 1. The van der Waals surface area contributed by atoms with E-state index in [1.165, 1.54) is 17.8 Å². The Labute approximate surface area is 85.1 Å². The molecule has 1 N–H and O–H groups in total. The number of aromatic nitrogens is 3. The molecule has 2 aromatic rings. The van der Waals surface area contributed by atoms with E-state index in [0.29, 0.717) is 11.2 Å². The van der Waals surface area contributed by atoms with Crippen LogP contribution in [0.1, 0.15) is 16.2 Å². The zero-order valence-electron chi connectivity index (χ0n) is 8.26. The topological polar surface area (TPSA) is 76.7 Å². The van der Waals surface area contributed by atoms with Crippen LogP contribution in [0, 0.1) is 6.92 Å². The van der Waals surface area contributed by atoms with E-state index in [-0.39, 0.29) is 11.6 Å². The van der Waals surface area contributed by atoms with Gasteiger partial charge < -0.3 is 9.84 Å². The van der Waals surface area contributed by atoms with Gasteiger partial charge in [-0.15, -0.1) is 5.10 Å². The average molecular weight is 207 g/mol. The highest BCUT2D eigenvalue weighted by atomic mass is 16.5. The number of carbonyl (C=O) groups excluding carboxylic acids is 1. The SMILES string of the molecule is COC(=O)c1nc2cc(C)c(O)cn2n1. The Hall–Kier alpha value is -2.11. The van der Waals surface area contributed by atoms with Gasteiger partial charge in [0.05, 0.1) is 13.3 Å². The van der Waals surface area contributed by atoms with Gasteiger partial charge in [-0.2, -0.15) is 0 Å². The quantitative estimate of drug-likeness (QED) is 0.690. The summed E-state index contributed by atoms with van der Waals surface area (Å²) in [5.74, 6) is -0.526. The Kier molecular flexibility index (Phi) is 2.03. The molecular formula is C9H9N3O3. The molecule has 0 amide bonds. The molecule has 0 bridgehead atoms. The van der Waals surface area contributed by atoms with E-state index in [0.717, 1.165) is 0 Å². The van der Waals surface area contributed by atoms with Crippen LogP contribution >= 0.6 is 0 Å². The van der Waals surface area contributed by atoms with Crippen LogP contribution in [0.15, 0.2) is 12.3 Å². The summed E-state index contributed by atoms with van der Waals surface area (Å²) in [5, 5.41) is 13.3. The molecule has 0 aliphatic carbocycles. The van der Waals surface area contributed by atoms with Gasteiger partial charge in [0.2, 0.25) is 0 Å². The lowest BCUT2D eigenvalue weighted by atomic mass is 10.3. The van der Waals surface area contributed by atoms with Gasteiger partial charge in [0, 0.05) is 0 Å². The van der Waals surface area contributed by atoms with E-state index in [1.807, 2.05) is 0 Å². The molecule has 0 atom stereocenters. The second-order valence-corrected chi connectivity index (χ2v) is 3.07. The average Bonchev–Trinajstić information content (AvgIpc) is 2.60. The molecule has 0 fully saturated rings. The zero-order valence-corrected chi connectivity index (χ0v) is 8.26. The molecule has 0 spiro atoms. The molecule has 6 heteroatoms. The van der Waals surface area contributed by atoms with Crippen molar-refractivity contribution in [1.82, 2.24) is 14.6 Å². The van der Waals surface area contributed by atoms with Gasteiger partial charge in [-0.3, -0.25) is 0 Å². The summed E-state index contributed by atoms with van der Waals surface area (Å²) in [6, 6.07) is 1.63. The summed E-state index contributed by atoms with van der Waals surface area (Å²) in [6.45, 7) is 1.74. The predicted molar refractivity (Wildman–Crippen MR) is 50.7 cm³/mol. The molecule has 0 aliphatic rings. The smallest absolute Gasteiger partial charge is 0.377 e. The fourth-order valence-electron chi connectivity index (χ4n) is 1.19. The summed E-state index contributed by atoms with van der Waals surface area (Å²) in [4.78, 5) is 15.1. The molecule has 2 aromatic heterocycles. The molecule has 2 rings (SSSR count). The van der Waals surface area contributed by atoms with Crippen molar-refractivity contribution in [3.05, 3.63) is 23.7 Å². The number of nitrogens with zero attached hydrogens (tertiary/aromatic N) is 3. The lowest BCUT2D eigenvalue weighted by Crippen LogP contribution is -2.03. The van der Waals surface area contributed by atoms with Gasteiger partial charge in [0.1, 0.15) is 5.75 Å². The highest BCUT2D eigenvalue weighted by molar-refractivity contribution is 5.85. The second kappa shape index (κ2) is 3.23. The third kappa shape index (κ3) is 1.50. The van der Waals surface area contributed by atoms with Crippen molar-refractivity contribution in [3.63, 3.8) is 0 Å². The number of hydrogen-bond acceptors (Lipinski definition) is 5. The van der Waals surface area contributed by atoms with Gasteiger partial charge in [0.25, 0.3) is 5.82 Å². The van der Waals surface area contributed by atoms with Crippen LogP contribution in [0.5, 0.6) is 5.75 Å². The summed E-state index contributed by atoms with van der Waals surface area (Å²) >= 11 is 0. The molecular weight excluding hydrogens is 198 g/mol. The van der Waals surface area contributed by atoms with Crippen molar-refractivity contribution >= 4 is 11.6 Å². The van der Waals surface area contributed by atoms with Crippen LogP contribution < -0.4 is 0 Å². The molecule has 0 aromatic carbocycles. The van der Waals surface area contributed by atoms with Crippen LogP contribution in [-0.2, 0) is 4.74 Å². The number of fused-ring (bicyclic) bond motifs is 1. The van der Waals surface area contributed by atoms with Gasteiger partial charge in [-0.05, 0) is 18.6 Å². The summed E-state index contributed by atoms with van der Waals surface area (Å²) in [6.07, 6.45) is 1.39.